The van der Waals surface area contributed by atoms with E-state index in [4.69, 9.17) is 0 Å². The minimum absolute atomic E-state index is 1.22. The van der Waals surface area contributed by atoms with Gasteiger partial charge in [0, 0.05) is 0 Å². The molecule has 6 rings (SSSR count). The lowest BCUT2D eigenvalue weighted by molar-refractivity contribution is -0.221. The second kappa shape index (κ2) is 1.62. The lowest BCUT2D eigenvalue weighted by Gasteiger charge is -2.69. The first kappa shape index (κ1) is 6.55. The van der Waals surface area contributed by atoms with Crippen molar-refractivity contribution in [2.24, 2.45) is 59.2 Å². The maximum atomic E-state index is 1.68. The van der Waals surface area contributed by atoms with Gasteiger partial charge in [-0.1, -0.05) is 0 Å². The van der Waals surface area contributed by atoms with E-state index in [0.717, 1.165) is 0 Å². The van der Waals surface area contributed by atoms with Crippen molar-refractivity contribution >= 4 is 0 Å². The molecule has 10 atom stereocenters. The van der Waals surface area contributed by atoms with Crippen LogP contribution in [0.25, 0.3) is 0 Å². The molecule has 0 saturated heterocycles. The summed E-state index contributed by atoms with van der Waals surface area (Å²) in [5.74, 6) is 12.6. The molecule has 0 aliphatic heterocycles. The summed E-state index contributed by atoms with van der Waals surface area (Å²) in [6, 6.07) is 0. The van der Waals surface area contributed by atoms with Crippen molar-refractivity contribution in [3.8, 4) is 0 Å². The third kappa shape index (κ3) is 0.403. The van der Waals surface area contributed by atoms with Crippen molar-refractivity contribution in [2.45, 2.75) is 25.7 Å². The highest BCUT2D eigenvalue weighted by Crippen LogP contribution is 2.83. The van der Waals surface area contributed by atoms with E-state index in [1.165, 1.54) is 59.2 Å². The Labute approximate surface area is 85.4 Å². The van der Waals surface area contributed by atoms with Gasteiger partial charge < -0.3 is 0 Å². The van der Waals surface area contributed by atoms with Crippen LogP contribution < -0.4 is 0 Å². The van der Waals surface area contributed by atoms with Gasteiger partial charge in [-0.15, -0.1) is 0 Å². The first-order valence-electron chi connectivity index (χ1n) is 6.93. The van der Waals surface area contributed by atoms with Gasteiger partial charge in [0.25, 0.3) is 0 Å². The molecular formula is C14H18. The van der Waals surface area contributed by atoms with Crippen LogP contribution in [0.5, 0.6) is 0 Å². The molecule has 0 aromatic carbocycles. The number of rotatable bonds is 0. The average Bonchev–Trinajstić information content (AvgIpc) is 2.73. The van der Waals surface area contributed by atoms with Crippen molar-refractivity contribution in [3.63, 3.8) is 0 Å². The van der Waals surface area contributed by atoms with Gasteiger partial charge in [-0.25, -0.2) is 0 Å². The van der Waals surface area contributed by atoms with Crippen LogP contribution in [0.3, 0.4) is 0 Å². The zero-order valence-electron chi connectivity index (χ0n) is 8.60. The molecule has 6 saturated carbocycles. The molecule has 0 heterocycles. The Hall–Kier alpha value is 0. The Balaban J connectivity index is 1.66. The Kier molecular flexibility index (Phi) is 0.758. The molecule has 74 valence electrons. The summed E-state index contributed by atoms with van der Waals surface area (Å²) in [6.07, 6.45) is 6.73. The minimum Gasteiger partial charge on any atom is -0.0468 e. The zero-order valence-corrected chi connectivity index (χ0v) is 8.60. The molecule has 10 unspecified atom stereocenters. The van der Waals surface area contributed by atoms with Crippen LogP contribution in [0.15, 0.2) is 0 Å². The molecule has 6 fully saturated rings. The van der Waals surface area contributed by atoms with E-state index in [2.05, 4.69) is 0 Å². The minimum atomic E-state index is 1.22. The standard InChI is InChI=1S/C14H18/c1-5-2-10-9(1)13-11-6-3-7(5)8(4-6)12(11)14(10)13/h5-14H,1-4H2. The fourth-order valence-electron chi connectivity index (χ4n) is 7.90. The molecular weight excluding hydrogens is 168 g/mol. The predicted molar refractivity (Wildman–Crippen MR) is 53.4 cm³/mol. The first-order chi connectivity index (χ1) is 6.93. The molecule has 4 bridgehead atoms. The van der Waals surface area contributed by atoms with Crippen molar-refractivity contribution < 1.29 is 0 Å². The molecule has 0 nitrogen and oxygen atoms in total. The third-order valence-corrected chi connectivity index (χ3v) is 7.81. The fourth-order valence-corrected chi connectivity index (χ4v) is 7.90. The predicted octanol–water partition coefficient (Wildman–Crippen LogP) is 2.79. The van der Waals surface area contributed by atoms with Gasteiger partial charge in [0.1, 0.15) is 0 Å². The van der Waals surface area contributed by atoms with E-state index < -0.39 is 0 Å². The molecule has 0 N–H and O–H groups in total. The molecule has 6 aliphatic rings. The molecule has 0 aromatic rings. The second-order valence-electron chi connectivity index (χ2n) is 7.43. The van der Waals surface area contributed by atoms with Gasteiger partial charge in [0.05, 0.1) is 0 Å². The second-order valence-corrected chi connectivity index (χ2v) is 7.43. The summed E-state index contributed by atoms with van der Waals surface area (Å²) in [4.78, 5) is 0. The molecule has 0 spiro atoms. The van der Waals surface area contributed by atoms with E-state index in [0.29, 0.717) is 0 Å². The highest BCUT2D eigenvalue weighted by molar-refractivity contribution is 5.25. The average molecular weight is 186 g/mol. The van der Waals surface area contributed by atoms with Crippen LogP contribution in [-0.4, -0.2) is 0 Å². The van der Waals surface area contributed by atoms with E-state index in [9.17, 15) is 0 Å². The summed E-state index contributed by atoms with van der Waals surface area (Å²) in [5.41, 5.74) is 0. The highest BCUT2D eigenvalue weighted by Gasteiger charge is 2.78. The van der Waals surface area contributed by atoms with Crippen molar-refractivity contribution in [1.82, 2.24) is 0 Å². The normalized spacial score (nSPS) is 84.0. The SMILES string of the molecule is C1C2CC3C1C1CC4C(C1)C1C3C2C41. The topological polar surface area (TPSA) is 0 Å². The maximum absolute atomic E-state index is 1.68. The van der Waals surface area contributed by atoms with Gasteiger partial charge >= 0.3 is 0 Å². The number of fused-ring (bicyclic) bond motifs is 6. The van der Waals surface area contributed by atoms with Gasteiger partial charge in [0.15, 0.2) is 0 Å². The summed E-state index contributed by atoms with van der Waals surface area (Å²) in [6.45, 7) is 0. The van der Waals surface area contributed by atoms with E-state index in [1.807, 2.05) is 0 Å². The van der Waals surface area contributed by atoms with E-state index >= 15 is 0 Å². The first-order valence-corrected chi connectivity index (χ1v) is 6.93. The van der Waals surface area contributed by atoms with Crippen molar-refractivity contribution in [2.75, 3.05) is 0 Å². The lowest BCUT2D eigenvalue weighted by Crippen LogP contribution is -2.65. The summed E-state index contributed by atoms with van der Waals surface area (Å²) in [7, 11) is 0. The van der Waals surface area contributed by atoms with Gasteiger partial charge in [-0.3, -0.25) is 0 Å². The quantitative estimate of drug-likeness (QED) is 0.545. The zero-order chi connectivity index (χ0) is 8.60. The number of hydrogen-bond donors (Lipinski definition) is 0. The van der Waals surface area contributed by atoms with E-state index in [-0.39, 0.29) is 0 Å². The Morgan fingerprint density at radius 2 is 0.929 bits per heavy atom. The fraction of sp³-hybridized carbons (Fsp3) is 1.00. The third-order valence-electron chi connectivity index (χ3n) is 7.81. The molecule has 0 radical (unpaired) electrons. The van der Waals surface area contributed by atoms with Crippen LogP contribution in [0.2, 0.25) is 0 Å². The van der Waals surface area contributed by atoms with Crippen LogP contribution >= 0.6 is 0 Å². The summed E-state index contributed by atoms with van der Waals surface area (Å²) >= 11 is 0. The molecule has 0 aromatic heterocycles. The monoisotopic (exact) mass is 186 g/mol. The van der Waals surface area contributed by atoms with E-state index in [1.54, 1.807) is 25.7 Å². The van der Waals surface area contributed by atoms with Gasteiger partial charge in [-0.2, -0.15) is 0 Å². The smallest absolute Gasteiger partial charge is 0.0315 e. The number of hydrogen-bond acceptors (Lipinski definition) is 0. The lowest BCUT2D eigenvalue weighted by atomic mass is 9.35. The molecule has 0 amide bonds. The Bertz CT molecular complexity index is 330. The Morgan fingerprint density at radius 3 is 1.71 bits per heavy atom. The summed E-state index contributed by atoms with van der Waals surface area (Å²) in [5, 5.41) is 0. The maximum Gasteiger partial charge on any atom is -0.0315 e. The van der Waals surface area contributed by atoms with Gasteiger partial charge in [-0.05, 0) is 84.9 Å². The molecule has 0 heteroatoms. The van der Waals surface area contributed by atoms with Crippen LogP contribution in [-0.2, 0) is 0 Å². The molecule has 6 aliphatic carbocycles. The summed E-state index contributed by atoms with van der Waals surface area (Å²) < 4.78 is 0. The van der Waals surface area contributed by atoms with Crippen LogP contribution in [0.4, 0.5) is 0 Å². The van der Waals surface area contributed by atoms with Gasteiger partial charge in [0.2, 0.25) is 0 Å². The Morgan fingerprint density at radius 1 is 0.429 bits per heavy atom. The largest absolute Gasteiger partial charge is 0.0468 e. The molecule has 14 heavy (non-hydrogen) atoms. The van der Waals surface area contributed by atoms with Crippen LogP contribution in [0, 0.1) is 59.2 Å². The van der Waals surface area contributed by atoms with Crippen molar-refractivity contribution in [1.29, 1.82) is 0 Å². The van der Waals surface area contributed by atoms with Crippen LogP contribution in [0.1, 0.15) is 25.7 Å². The van der Waals surface area contributed by atoms with Crippen molar-refractivity contribution in [3.05, 3.63) is 0 Å². The highest BCUT2D eigenvalue weighted by atomic mass is 14.8.